The molecule has 2 aliphatic heterocycles. The fraction of sp³-hybridized carbons (Fsp3) is 0.250. The minimum atomic E-state index is -3.56. The van der Waals surface area contributed by atoms with Crippen LogP contribution in [0.15, 0.2) is 53.4 Å². The Morgan fingerprint density at radius 3 is 2.54 bits per heavy atom. The molecule has 0 fully saturated rings. The fourth-order valence-corrected chi connectivity index (χ4v) is 4.85. The first kappa shape index (κ1) is 17.0. The zero-order valence-electron chi connectivity index (χ0n) is 14.5. The van der Waals surface area contributed by atoms with Crippen LogP contribution in [0.1, 0.15) is 23.1 Å². The molecule has 0 atom stereocenters. The van der Waals surface area contributed by atoms with Crippen molar-refractivity contribution in [2.24, 2.45) is 0 Å². The average Bonchev–Trinajstić information content (AvgIpc) is 3.01. The van der Waals surface area contributed by atoms with Crippen molar-refractivity contribution in [2.45, 2.75) is 24.7 Å². The van der Waals surface area contributed by atoms with Crippen LogP contribution in [0.2, 0.25) is 0 Å². The largest absolute Gasteiger partial charge is 0.326 e. The Hall–Kier alpha value is -2.44. The Balaban J connectivity index is 1.56. The van der Waals surface area contributed by atoms with E-state index in [9.17, 15) is 13.2 Å². The first-order valence-electron chi connectivity index (χ1n) is 8.62. The Bertz CT molecular complexity index is 1010. The minimum absolute atomic E-state index is 0.0989. The number of rotatable bonds is 3. The van der Waals surface area contributed by atoms with Crippen molar-refractivity contribution in [3.8, 4) is 0 Å². The molecule has 0 unspecified atom stereocenters. The molecule has 0 bridgehead atoms. The molecule has 0 saturated carbocycles. The van der Waals surface area contributed by atoms with Gasteiger partial charge in [-0.1, -0.05) is 35.9 Å². The number of sulfonamides is 1. The summed E-state index contributed by atoms with van der Waals surface area (Å²) in [6, 6.07) is 13.1. The van der Waals surface area contributed by atoms with E-state index in [0.29, 0.717) is 25.2 Å². The van der Waals surface area contributed by atoms with E-state index in [-0.39, 0.29) is 17.2 Å². The van der Waals surface area contributed by atoms with E-state index in [1.807, 2.05) is 13.0 Å². The highest BCUT2D eigenvalue weighted by atomic mass is 32.2. The van der Waals surface area contributed by atoms with Gasteiger partial charge < -0.3 is 5.32 Å². The lowest BCUT2D eigenvalue weighted by Crippen LogP contribution is -2.34. The average molecular weight is 368 g/mol. The summed E-state index contributed by atoms with van der Waals surface area (Å²) in [5, 5.41) is 2.73. The van der Waals surface area contributed by atoms with Crippen LogP contribution in [-0.2, 0) is 21.2 Å². The SMILES string of the molecule is Cc1ccc(C2=CCN(S(=O)(=O)c3ccc4c(c3)CC(=O)N4)CC2)cc1. The first-order chi connectivity index (χ1) is 12.4. The Morgan fingerprint density at radius 2 is 1.85 bits per heavy atom. The lowest BCUT2D eigenvalue weighted by molar-refractivity contribution is -0.115. The molecular weight excluding hydrogens is 348 g/mol. The molecule has 2 aliphatic rings. The number of amides is 1. The molecule has 0 spiro atoms. The summed E-state index contributed by atoms with van der Waals surface area (Å²) in [6.45, 7) is 2.86. The Kier molecular flexibility index (Phi) is 4.17. The third kappa shape index (κ3) is 3.06. The summed E-state index contributed by atoms with van der Waals surface area (Å²) in [6.07, 6.45) is 2.91. The van der Waals surface area contributed by atoms with Crippen molar-refractivity contribution in [2.75, 3.05) is 18.4 Å². The van der Waals surface area contributed by atoms with Gasteiger partial charge in [0.25, 0.3) is 0 Å². The van der Waals surface area contributed by atoms with E-state index < -0.39 is 10.0 Å². The molecule has 2 aromatic carbocycles. The van der Waals surface area contributed by atoms with Gasteiger partial charge in [-0.3, -0.25) is 4.79 Å². The van der Waals surface area contributed by atoms with Gasteiger partial charge in [0.2, 0.25) is 15.9 Å². The molecule has 0 radical (unpaired) electrons. The summed E-state index contributed by atoms with van der Waals surface area (Å²) in [5.74, 6) is -0.0989. The molecule has 2 heterocycles. The quantitative estimate of drug-likeness (QED) is 0.906. The standard InChI is InChI=1S/C20H20N2O3S/c1-14-2-4-15(5-3-14)16-8-10-22(11-9-16)26(24,25)18-6-7-19-17(12-18)13-20(23)21-19/h2-8,12H,9-11,13H2,1H3,(H,21,23). The van der Waals surface area contributed by atoms with Crippen molar-refractivity contribution < 1.29 is 13.2 Å². The molecule has 0 saturated heterocycles. The maximum atomic E-state index is 12.9. The lowest BCUT2D eigenvalue weighted by Gasteiger charge is -2.26. The summed E-state index contributed by atoms with van der Waals surface area (Å²) in [4.78, 5) is 11.7. The number of carbonyl (C=O) groups is 1. The number of anilines is 1. The molecule has 26 heavy (non-hydrogen) atoms. The normalized spacial score (nSPS) is 17.6. The molecule has 0 aliphatic carbocycles. The number of hydrogen-bond acceptors (Lipinski definition) is 3. The van der Waals surface area contributed by atoms with Gasteiger partial charge in [0, 0.05) is 18.8 Å². The van der Waals surface area contributed by atoms with Crippen LogP contribution in [0.25, 0.3) is 5.57 Å². The zero-order chi connectivity index (χ0) is 18.3. The predicted octanol–water partition coefficient (Wildman–Crippen LogP) is 2.97. The van der Waals surface area contributed by atoms with E-state index in [0.717, 1.165) is 11.1 Å². The molecular formula is C20H20N2O3S. The van der Waals surface area contributed by atoms with E-state index in [4.69, 9.17) is 0 Å². The van der Waals surface area contributed by atoms with Gasteiger partial charge in [0.15, 0.2) is 0 Å². The van der Waals surface area contributed by atoms with E-state index in [1.165, 1.54) is 15.4 Å². The van der Waals surface area contributed by atoms with E-state index in [2.05, 4.69) is 29.6 Å². The van der Waals surface area contributed by atoms with Gasteiger partial charge in [0.05, 0.1) is 11.3 Å². The van der Waals surface area contributed by atoms with Crippen LogP contribution in [0, 0.1) is 6.92 Å². The van der Waals surface area contributed by atoms with Gasteiger partial charge in [-0.05, 0) is 48.2 Å². The van der Waals surface area contributed by atoms with Crippen LogP contribution in [-0.4, -0.2) is 31.7 Å². The zero-order valence-corrected chi connectivity index (χ0v) is 15.3. The fourth-order valence-electron chi connectivity index (χ4n) is 3.41. The van der Waals surface area contributed by atoms with Gasteiger partial charge in [-0.25, -0.2) is 8.42 Å². The maximum Gasteiger partial charge on any atom is 0.243 e. The van der Waals surface area contributed by atoms with Crippen LogP contribution in [0.5, 0.6) is 0 Å². The monoisotopic (exact) mass is 368 g/mol. The number of benzene rings is 2. The van der Waals surface area contributed by atoms with Crippen molar-refractivity contribution in [3.05, 3.63) is 65.2 Å². The maximum absolute atomic E-state index is 12.9. The molecule has 134 valence electrons. The van der Waals surface area contributed by atoms with Crippen LogP contribution in [0.3, 0.4) is 0 Å². The predicted molar refractivity (Wildman–Crippen MR) is 101 cm³/mol. The summed E-state index contributed by atoms with van der Waals surface area (Å²) in [7, 11) is -3.56. The number of nitrogens with zero attached hydrogens (tertiary/aromatic N) is 1. The van der Waals surface area contributed by atoms with Gasteiger partial charge in [-0.2, -0.15) is 4.31 Å². The third-order valence-electron chi connectivity index (χ3n) is 4.93. The van der Waals surface area contributed by atoms with Crippen molar-refractivity contribution >= 4 is 27.2 Å². The smallest absolute Gasteiger partial charge is 0.243 e. The second-order valence-electron chi connectivity index (χ2n) is 6.75. The molecule has 0 aromatic heterocycles. The summed E-state index contributed by atoms with van der Waals surface area (Å²) >= 11 is 0. The van der Waals surface area contributed by atoms with E-state index >= 15 is 0 Å². The number of nitrogens with one attached hydrogen (secondary N) is 1. The summed E-state index contributed by atoms with van der Waals surface area (Å²) in [5.41, 5.74) is 4.98. The lowest BCUT2D eigenvalue weighted by atomic mass is 9.99. The molecule has 1 amide bonds. The van der Waals surface area contributed by atoms with Crippen molar-refractivity contribution in [3.63, 3.8) is 0 Å². The van der Waals surface area contributed by atoms with Gasteiger partial charge >= 0.3 is 0 Å². The first-order valence-corrected chi connectivity index (χ1v) is 10.1. The van der Waals surface area contributed by atoms with E-state index in [1.54, 1.807) is 18.2 Å². The topological polar surface area (TPSA) is 66.5 Å². The molecule has 2 aromatic rings. The molecule has 5 nitrogen and oxygen atoms in total. The van der Waals surface area contributed by atoms with Gasteiger partial charge in [0.1, 0.15) is 0 Å². The van der Waals surface area contributed by atoms with Crippen LogP contribution in [0.4, 0.5) is 5.69 Å². The Morgan fingerprint density at radius 1 is 1.08 bits per heavy atom. The van der Waals surface area contributed by atoms with Crippen LogP contribution >= 0.6 is 0 Å². The highest BCUT2D eigenvalue weighted by molar-refractivity contribution is 7.89. The number of hydrogen-bond donors (Lipinski definition) is 1. The second kappa shape index (κ2) is 6.37. The highest BCUT2D eigenvalue weighted by Crippen LogP contribution is 2.30. The second-order valence-corrected chi connectivity index (χ2v) is 8.69. The number of aryl methyl sites for hydroxylation is 1. The number of fused-ring (bicyclic) bond motifs is 1. The third-order valence-corrected chi connectivity index (χ3v) is 6.79. The molecule has 1 N–H and O–H groups in total. The van der Waals surface area contributed by atoms with Crippen LogP contribution < -0.4 is 5.32 Å². The molecule has 6 heteroatoms. The van der Waals surface area contributed by atoms with Gasteiger partial charge in [-0.15, -0.1) is 0 Å². The highest BCUT2D eigenvalue weighted by Gasteiger charge is 2.28. The summed E-state index contributed by atoms with van der Waals surface area (Å²) < 4.78 is 27.4. The van der Waals surface area contributed by atoms with Crippen molar-refractivity contribution in [1.29, 1.82) is 0 Å². The minimum Gasteiger partial charge on any atom is -0.326 e. The molecule has 4 rings (SSSR count). The Labute approximate surface area is 153 Å². The van der Waals surface area contributed by atoms with Crippen molar-refractivity contribution in [1.82, 2.24) is 4.31 Å². The number of carbonyl (C=O) groups excluding carboxylic acids is 1.